The average Bonchev–Trinajstić information content (AvgIpc) is 2.75. The van der Waals surface area contributed by atoms with Crippen LogP contribution < -0.4 is 4.74 Å². The van der Waals surface area contributed by atoms with Gasteiger partial charge < -0.3 is 23.7 Å². The summed E-state index contributed by atoms with van der Waals surface area (Å²) >= 11 is 0. The molecule has 0 amide bonds. The summed E-state index contributed by atoms with van der Waals surface area (Å²) in [6, 6.07) is 15.8. The van der Waals surface area contributed by atoms with Crippen LogP contribution in [0.25, 0.3) is 0 Å². The standard InChI is InChI=1S/C23H27FO5/c1-25-15-16-27-19-29-23(18-28-22-12-10-21(24)11-13-22)9-5-6-14-26-17-20-7-3-2-4-8-20/h2-4,7-8,10-13,23H,9,14-19H2,1H3. The summed E-state index contributed by atoms with van der Waals surface area (Å²) in [4.78, 5) is 0. The maximum absolute atomic E-state index is 13.0. The van der Waals surface area contributed by atoms with Gasteiger partial charge in [0.2, 0.25) is 0 Å². The van der Waals surface area contributed by atoms with Gasteiger partial charge in [0.15, 0.2) is 0 Å². The van der Waals surface area contributed by atoms with E-state index in [0.717, 1.165) is 5.56 Å². The van der Waals surface area contributed by atoms with Crippen LogP contribution in [-0.2, 0) is 25.6 Å². The second kappa shape index (κ2) is 14.6. The predicted molar refractivity (Wildman–Crippen MR) is 108 cm³/mol. The molecule has 1 atom stereocenters. The van der Waals surface area contributed by atoms with Crippen LogP contribution in [0.2, 0.25) is 0 Å². The molecule has 0 saturated heterocycles. The molecule has 0 aliphatic carbocycles. The predicted octanol–water partition coefficient (Wildman–Crippen LogP) is 3.82. The zero-order valence-corrected chi connectivity index (χ0v) is 16.6. The van der Waals surface area contributed by atoms with Gasteiger partial charge in [0.05, 0.1) is 19.8 Å². The van der Waals surface area contributed by atoms with Gasteiger partial charge in [0.1, 0.15) is 37.7 Å². The van der Waals surface area contributed by atoms with Crippen molar-refractivity contribution in [3.63, 3.8) is 0 Å². The Kier molecular flexibility index (Phi) is 11.5. The Bertz CT molecular complexity index is 724. The highest BCUT2D eigenvalue weighted by Crippen LogP contribution is 2.12. The van der Waals surface area contributed by atoms with Gasteiger partial charge in [-0.3, -0.25) is 0 Å². The summed E-state index contributed by atoms with van der Waals surface area (Å²) in [7, 11) is 1.61. The molecular weight excluding hydrogens is 375 g/mol. The summed E-state index contributed by atoms with van der Waals surface area (Å²) in [5.74, 6) is 6.29. The van der Waals surface area contributed by atoms with Crippen LogP contribution in [0.3, 0.4) is 0 Å². The Balaban J connectivity index is 1.73. The van der Waals surface area contributed by atoms with E-state index in [9.17, 15) is 4.39 Å². The van der Waals surface area contributed by atoms with Crippen molar-refractivity contribution < 1.29 is 28.1 Å². The third-order valence-electron chi connectivity index (χ3n) is 3.81. The molecule has 0 spiro atoms. The van der Waals surface area contributed by atoms with E-state index >= 15 is 0 Å². The fraction of sp³-hybridized carbons (Fsp3) is 0.391. The summed E-state index contributed by atoms with van der Waals surface area (Å²) in [5, 5.41) is 0. The minimum atomic E-state index is -0.307. The summed E-state index contributed by atoms with van der Waals surface area (Å²) in [6.07, 6.45) is 0.174. The van der Waals surface area contributed by atoms with Gasteiger partial charge in [0, 0.05) is 13.5 Å². The molecule has 29 heavy (non-hydrogen) atoms. The molecule has 0 N–H and O–H groups in total. The van der Waals surface area contributed by atoms with Gasteiger partial charge in [0.25, 0.3) is 0 Å². The van der Waals surface area contributed by atoms with Crippen molar-refractivity contribution in [2.45, 2.75) is 19.1 Å². The number of methoxy groups -OCH3 is 1. The third kappa shape index (κ3) is 10.6. The molecule has 2 aromatic rings. The van der Waals surface area contributed by atoms with Crippen LogP contribution in [0.15, 0.2) is 54.6 Å². The van der Waals surface area contributed by atoms with Crippen molar-refractivity contribution >= 4 is 0 Å². The molecule has 1 unspecified atom stereocenters. The van der Waals surface area contributed by atoms with Crippen molar-refractivity contribution in [2.24, 2.45) is 0 Å². The monoisotopic (exact) mass is 402 g/mol. The molecule has 0 aliphatic rings. The molecule has 0 aliphatic heterocycles. The van der Waals surface area contributed by atoms with Crippen LogP contribution >= 0.6 is 0 Å². The van der Waals surface area contributed by atoms with E-state index in [-0.39, 0.29) is 25.3 Å². The number of hydrogen-bond donors (Lipinski definition) is 0. The molecule has 2 aromatic carbocycles. The van der Waals surface area contributed by atoms with Gasteiger partial charge in [-0.1, -0.05) is 42.2 Å². The summed E-state index contributed by atoms with van der Waals surface area (Å²) < 4.78 is 40.2. The van der Waals surface area contributed by atoms with Crippen molar-refractivity contribution in [2.75, 3.05) is 40.3 Å². The number of rotatable bonds is 13. The molecule has 156 valence electrons. The lowest BCUT2D eigenvalue weighted by Crippen LogP contribution is -2.23. The number of halogens is 1. The Morgan fingerprint density at radius 1 is 0.931 bits per heavy atom. The van der Waals surface area contributed by atoms with Crippen molar-refractivity contribution in [3.05, 3.63) is 66.0 Å². The Hall–Kier alpha value is -2.43. The lowest BCUT2D eigenvalue weighted by Gasteiger charge is -2.16. The fourth-order valence-electron chi connectivity index (χ4n) is 2.26. The second-order valence-electron chi connectivity index (χ2n) is 6.11. The zero-order valence-electron chi connectivity index (χ0n) is 16.6. The van der Waals surface area contributed by atoms with Gasteiger partial charge in [-0.05, 0) is 29.8 Å². The Morgan fingerprint density at radius 2 is 1.72 bits per heavy atom. The highest BCUT2D eigenvalue weighted by atomic mass is 19.1. The topological polar surface area (TPSA) is 46.2 Å². The van der Waals surface area contributed by atoms with Crippen LogP contribution in [0.5, 0.6) is 5.75 Å². The van der Waals surface area contributed by atoms with Crippen molar-refractivity contribution in [1.29, 1.82) is 0 Å². The summed E-state index contributed by atoms with van der Waals surface area (Å²) in [5.41, 5.74) is 1.11. The molecular formula is C23H27FO5. The van der Waals surface area contributed by atoms with E-state index in [1.807, 2.05) is 30.3 Å². The van der Waals surface area contributed by atoms with Crippen molar-refractivity contribution in [3.8, 4) is 17.6 Å². The fourth-order valence-corrected chi connectivity index (χ4v) is 2.26. The number of hydrogen-bond acceptors (Lipinski definition) is 5. The first-order chi connectivity index (χ1) is 14.3. The quantitative estimate of drug-likeness (QED) is 0.290. The van der Waals surface area contributed by atoms with Gasteiger partial charge >= 0.3 is 0 Å². The van der Waals surface area contributed by atoms with E-state index in [0.29, 0.717) is 38.6 Å². The van der Waals surface area contributed by atoms with Crippen LogP contribution in [0, 0.1) is 17.7 Å². The molecule has 6 heteroatoms. The van der Waals surface area contributed by atoms with Crippen molar-refractivity contribution in [1.82, 2.24) is 0 Å². The molecule has 0 heterocycles. The largest absolute Gasteiger partial charge is 0.491 e. The molecule has 0 aromatic heterocycles. The molecule has 0 radical (unpaired) electrons. The SMILES string of the molecule is COCCOCOC(CC#CCOCc1ccccc1)COc1ccc(F)cc1. The minimum Gasteiger partial charge on any atom is -0.491 e. The average molecular weight is 402 g/mol. The normalized spacial score (nSPS) is 11.5. The maximum Gasteiger partial charge on any atom is 0.147 e. The van der Waals surface area contributed by atoms with E-state index < -0.39 is 0 Å². The Morgan fingerprint density at radius 3 is 2.48 bits per heavy atom. The van der Waals surface area contributed by atoms with E-state index in [2.05, 4.69) is 11.8 Å². The molecule has 0 saturated carbocycles. The number of benzene rings is 2. The van der Waals surface area contributed by atoms with Gasteiger partial charge in [-0.15, -0.1) is 0 Å². The minimum absolute atomic E-state index is 0.118. The van der Waals surface area contributed by atoms with E-state index in [4.69, 9.17) is 23.7 Å². The lowest BCUT2D eigenvalue weighted by atomic mass is 10.2. The van der Waals surface area contributed by atoms with Gasteiger partial charge in [-0.25, -0.2) is 4.39 Å². The smallest absolute Gasteiger partial charge is 0.147 e. The van der Waals surface area contributed by atoms with Crippen LogP contribution in [0.1, 0.15) is 12.0 Å². The lowest BCUT2D eigenvalue weighted by molar-refractivity contribution is -0.105. The zero-order chi connectivity index (χ0) is 20.6. The first kappa shape index (κ1) is 22.9. The maximum atomic E-state index is 13.0. The Labute approximate surface area is 171 Å². The highest BCUT2D eigenvalue weighted by molar-refractivity contribution is 5.22. The first-order valence-electron chi connectivity index (χ1n) is 9.42. The second-order valence-corrected chi connectivity index (χ2v) is 6.11. The van der Waals surface area contributed by atoms with Crippen LogP contribution in [-0.4, -0.2) is 46.4 Å². The first-order valence-corrected chi connectivity index (χ1v) is 9.42. The molecule has 0 fully saturated rings. The van der Waals surface area contributed by atoms with E-state index in [1.54, 1.807) is 19.2 Å². The van der Waals surface area contributed by atoms with Gasteiger partial charge in [-0.2, -0.15) is 0 Å². The number of ether oxygens (including phenoxy) is 5. The highest BCUT2D eigenvalue weighted by Gasteiger charge is 2.09. The molecule has 5 nitrogen and oxygen atoms in total. The molecule has 2 rings (SSSR count). The van der Waals surface area contributed by atoms with E-state index in [1.165, 1.54) is 12.1 Å². The molecule has 0 bridgehead atoms. The summed E-state index contributed by atoms with van der Waals surface area (Å²) in [6.45, 7) is 2.20. The third-order valence-corrected chi connectivity index (χ3v) is 3.81. The van der Waals surface area contributed by atoms with Crippen LogP contribution in [0.4, 0.5) is 4.39 Å².